The number of rotatable bonds is 3. The van der Waals surface area contributed by atoms with E-state index in [0.29, 0.717) is 17.7 Å². The van der Waals surface area contributed by atoms with Gasteiger partial charge in [0, 0.05) is 29.9 Å². The molecule has 0 spiro atoms. The van der Waals surface area contributed by atoms with Crippen LogP contribution >= 0.6 is 0 Å². The molecule has 0 aliphatic rings. The number of pyridine rings is 2. The molecule has 2 aromatic heterocycles. The van der Waals surface area contributed by atoms with Crippen molar-refractivity contribution in [1.29, 1.82) is 5.26 Å². The number of nitrogens with zero attached hydrogens (tertiary/aromatic N) is 3. The molecule has 0 saturated carbocycles. The molecule has 2 heterocycles. The maximum absolute atomic E-state index is 11.0. The van der Waals surface area contributed by atoms with Gasteiger partial charge in [-0.2, -0.15) is 5.26 Å². The van der Waals surface area contributed by atoms with Gasteiger partial charge in [0.2, 0.25) is 0 Å². The monoisotopic (exact) mass is 289 g/mol. The van der Waals surface area contributed by atoms with Crippen LogP contribution in [0.3, 0.4) is 0 Å². The number of carboxylic acid groups (broad SMARTS) is 1. The van der Waals surface area contributed by atoms with E-state index in [0.717, 1.165) is 16.5 Å². The van der Waals surface area contributed by atoms with Crippen molar-refractivity contribution in [1.82, 2.24) is 9.97 Å². The van der Waals surface area contributed by atoms with E-state index in [4.69, 9.17) is 10.4 Å². The van der Waals surface area contributed by atoms with E-state index in [2.05, 4.69) is 16.0 Å². The number of aromatic carboxylic acids is 1. The number of fused-ring (bicyclic) bond motifs is 1. The summed E-state index contributed by atoms with van der Waals surface area (Å²) in [6, 6.07) is 12.6. The van der Waals surface area contributed by atoms with Crippen molar-refractivity contribution in [2.24, 2.45) is 0 Å². The molecule has 3 rings (SSSR count). The molecule has 5 nitrogen and oxygen atoms in total. The van der Waals surface area contributed by atoms with E-state index >= 15 is 0 Å². The van der Waals surface area contributed by atoms with Crippen molar-refractivity contribution in [2.45, 2.75) is 6.42 Å². The van der Waals surface area contributed by atoms with Crippen molar-refractivity contribution >= 4 is 16.9 Å². The first kappa shape index (κ1) is 13.7. The fourth-order valence-electron chi connectivity index (χ4n) is 2.27. The Hall–Kier alpha value is -3.26. The third kappa shape index (κ3) is 2.76. The first-order valence-corrected chi connectivity index (χ1v) is 6.63. The second kappa shape index (κ2) is 5.62. The first-order valence-electron chi connectivity index (χ1n) is 6.63. The Morgan fingerprint density at radius 2 is 2.05 bits per heavy atom. The van der Waals surface area contributed by atoms with E-state index in [1.807, 2.05) is 18.2 Å². The second-order valence-corrected chi connectivity index (χ2v) is 4.88. The van der Waals surface area contributed by atoms with Gasteiger partial charge in [0.15, 0.2) is 0 Å². The van der Waals surface area contributed by atoms with Gasteiger partial charge in [0.1, 0.15) is 6.07 Å². The number of hydrogen-bond acceptors (Lipinski definition) is 4. The van der Waals surface area contributed by atoms with Crippen LogP contribution in [0, 0.1) is 11.3 Å². The summed E-state index contributed by atoms with van der Waals surface area (Å²) in [5.74, 6) is -0.968. The molecule has 106 valence electrons. The lowest BCUT2D eigenvalue weighted by molar-refractivity contribution is 0.0696. The van der Waals surface area contributed by atoms with Crippen LogP contribution in [0.15, 0.2) is 48.8 Å². The molecule has 3 aromatic rings. The van der Waals surface area contributed by atoms with Crippen LogP contribution in [-0.2, 0) is 6.42 Å². The summed E-state index contributed by atoms with van der Waals surface area (Å²) in [5.41, 5.74) is 3.22. The predicted octanol–water partition coefficient (Wildman–Crippen LogP) is 2.79. The molecule has 0 bridgehead atoms. The standard InChI is InChI=1S/C17H11N3O2/c18-9-12-6-14-5-11(1-2-16(14)20-10-12)7-15-8-13(17(21)22)3-4-19-15/h1-6,8,10H,7H2,(H,21,22). The lowest BCUT2D eigenvalue weighted by atomic mass is 10.0. The Bertz CT molecular complexity index is 913. The number of carboxylic acids is 1. The Labute approximate surface area is 126 Å². The fraction of sp³-hybridized carbons (Fsp3) is 0.0588. The number of hydrogen-bond donors (Lipinski definition) is 1. The van der Waals surface area contributed by atoms with Gasteiger partial charge in [0.05, 0.1) is 16.6 Å². The van der Waals surface area contributed by atoms with Gasteiger partial charge < -0.3 is 5.11 Å². The van der Waals surface area contributed by atoms with Crippen molar-refractivity contribution in [3.05, 3.63) is 71.2 Å². The van der Waals surface area contributed by atoms with Gasteiger partial charge in [-0.1, -0.05) is 6.07 Å². The van der Waals surface area contributed by atoms with Crippen LogP contribution in [0.25, 0.3) is 10.9 Å². The third-order valence-electron chi connectivity index (χ3n) is 3.32. The summed E-state index contributed by atoms with van der Waals surface area (Å²) in [6.45, 7) is 0. The third-order valence-corrected chi connectivity index (χ3v) is 3.32. The van der Waals surface area contributed by atoms with Crippen LogP contribution in [-0.4, -0.2) is 21.0 Å². The van der Waals surface area contributed by atoms with E-state index in [1.165, 1.54) is 12.3 Å². The summed E-state index contributed by atoms with van der Waals surface area (Å²) in [5, 5.41) is 18.8. The zero-order valence-corrected chi connectivity index (χ0v) is 11.5. The molecular weight excluding hydrogens is 278 g/mol. The highest BCUT2D eigenvalue weighted by molar-refractivity contribution is 5.87. The summed E-state index contributed by atoms with van der Waals surface area (Å²) in [7, 11) is 0. The minimum Gasteiger partial charge on any atom is -0.478 e. The van der Waals surface area contributed by atoms with E-state index in [-0.39, 0.29) is 5.56 Å². The summed E-state index contributed by atoms with van der Waals surface area (Å²) in [6.07, 6.45) is 3.56. The Morgan fingerprint density at radius 1 is 1.18 bits per heavy atom. The zero-order chi connectivity index (χ0) is 15.5. The molecule has 1 aromatic carbocycles. The van der Waals surface area contributed by atoms with Gasteiger partial charge in [-0.25, -0.2) is 4.79 Å². The van der Waals surface area contributed by atoms with E-state index in [1.54, 1.807) is 18.3 Å². The van der Waals surface area contributed by atoms with Gasteiger partial charge in [-0.3, -0.25) is 9.97 Å². The van der Waals surface area contributed by atoms with Crippen LogP contribution in [0.5, 0.6) is 0 Å². The number of benzene rings is 1. The van der Waals surface area contributed by atoms with Crippen LogP contribution in [0.2, 0.25) is 0 Å². The SMILES string of the molecule is N#Cc1cnc2ccc(Cc3cc(C(=O)O)ccn3)cc2c1. The van der Waals surface area contributed by atoms with Gasteiger partial charge in [0.25, 0.3) is 0 Å². The van der Waals surface area contributed by atoms with Crippen LogP contribution in [0.4, 0.5) is 0 Å². The number of carbonyl (C=O) groups is 1. The van der Waals surface area contributed by atoms with Gasteiger partial charge in [-0.15, -0.1) is 0 Å². The van der Waals surface area contributed by atoms with Crippen LogP contribution in [0.1, 0.15) is 27.2 Å². The summed E-state index contributed by atoms with van der Waals surface area (Å²) in [4.78, 5) is 19.4. The van der Waals surface area contributed by atoms with Crippen molar-refractivity contribution < 1.29 is 9.90 Å². The highest BCUT2D eigenvalue weighted by atomic mass is 16.4. The average molecular weight is 289 g/mol. The van der Waals surface area contributed by atoms with Gasteiger partial charge >= 0.3 is 5.97 Å². The molecule has 0 amide bonds. The molecule has 1 N–H and O–H groups in total. The smallest absolute Gasteiger partial charge is 0.335 e. The largest absolute Gasteiger partial charge is 0.478 e. The number of aromatic nitrogens is 2. The maximum atomic E-state index is 11.0. The quantitative estimate of drug-likeness (QED) is 0.801. The molecular formula is C17H11N3O2. The molecule has 5 heteroatoms. The lowest BCUT2D eigenvalue weighted by Gasteiger charge is -2.04. The Balaban J connectivity index is 1.95. The molecule has 0 fully saturated rings. The highest BCUT2D eigenvalue weighted by Gasteiger charge is 2.06. The highest BCUT2D eigenvalue weighted by Crippen LogP contribution is 2.17. The van der Waals surface area contributed by atoms with Crippen LogP contribution < -0.4 is 0 Å². The molecule has 0 radical (unpaired) electrons. The number of nitriles is 1. The Morgan fingerprint density at radius 3 is 2.82 bits per heavy atom. The first-order chi connectivity index (χ1) is 10.7. The average Bonchev–Trinajstić information content (AvgIpc) is 2.54. The predicted molar refractivity (Wildman–Crippen MR) is 80.5 cm³/mol. The summed E-state index contributed by atoms with van der Waals surface area (Å²) < 4.78 is 0. The van der Waals surface area contributed by atoms with E-state index < -0.39 is 5.97 Å². The molecule has 0 aliphatic carbocycles. The topological polar surface area (TPSA) is 86.9 Å². The van der Waals surface area contributed by atoms with Crippen molar-refractivity contribution in [2.75, 3.05) is 0 Å². The zero-order valence-electron chi connectivity index (χ0n) is 11.5. The van der Waals surface area contributed by atoms with E-state index in [9.17, 15) is 4.79 Å². The molecule has 0 unspecified atom stereocenters. The maximum Gasteiger partial charge on any atom is 0.335 e. The molecule has 22 heavy (non-hydrogen) atoms. The summed E-state index contributed by atoms with van der Waals surface area (Å²) >= 11 is 0. The molecule has 0 saturated heterocycles. The van der Waals surface area contributed by atoms with Crippen molar-refractivity contribution in [3.63, 3.8) is 0 Å². The minimum atomic E-state index is -0.968. The van der Waals surface area contributed by atoms with Gasteiger partial charge in [-0.05, 0) is 35.9 Å². The molecule has 0 atom stereocenters. The normalized spacial score (nSPS) is 10.3. The second-order valence-electron chi connectivity index (χ2n) is 4.88. The van der Waals surface area contributed by atoms with Crippen molar-refractivity contribution in [3.8, 4) is 6.07 Å². The lowest BCUT2D eigenvalue weighted by Crippen LogP contribution is -2.00. The fourth-order valence-corrected chi connectivity index (χ4v) is 2.27. The Kier molecular flexibility index (Phi) is 3.50. The molecule has 0 aliphatic heterocycles. The minimum absolute atomic E-state index is 0.222.